The van der Waals surface area contributed by atoms with Crippen molar-refractivity contribution in [3.05, 3.63) is 29.8 Å². The third-order valence-electron chi connectivity index (χ3n) is 3.06. The van der Waals surface area contributed by atoms with E-state index in [0.717, 1.165) is 0 Å². The first-order chi connectivity index (χ1) is 10.4. The zero-order chi connectivity index (χ0) is 16.7. The van der Waals surface area contributed by atoms with Gasteiger partial charge in [-0.05, 0) is 18.1 Å². The Bertz CT molecular complexity index is 621. The van der Waals surface area contributed by atoms with Crippen molar-refractivity contribution in [1.29, 1.82) is 5.26 Å². The maximum Gasteiger partial charge on any atom is 0.254 e. The van der Waals surface area contributed by atoms with Crippen molar-refractivity contribution in [2.45, 2.75) is 26.3 Å². The van der Waals surface area contributed by atoms with Crippen LogP contribution in [-0.4, -0.2) is 23.8 Å². The summed E-state index contributed by atoms with van der Waals surface area (Å²) in [6.45, 7) is 2.98. The highest BCUT2D eigenvalue weighted by molar-refractivity contribution is 6.04. The van der Waals surface area contributed by atoms with Gasteiger partial charge in [-0.2, -0.15) is 5.26 Å². The van der Waals surface area contributed by atoms with Gasteiger partial charge in [0.1, 0.15) is 6.04 Å². The molecular weight excluding hydrogens is 284 g/mol. The number of para-hydroxylation sites is 1. The van der Waals surface area contributed by atoms with Gasteiger partial charge in [-0.1, -0.05) is 19.1 Å². The molecule has 0 bridgehead atoms. The van der Waals surface area contributed by atoms with Crippen LogP contribution in [0.15, 0.2) is 24.3 Å². The molecule has 0 aliphatic heterocycles. The van der Waals surface area contributed by atoms with Crippen LogP contribution in [0.3, 0.4) is 0 Å². The summed E-state index contributed by atoms with van der Waals surface area (Å²) in [5.41, 5.74) is 5.83. The third kappa shape index (κ3) is 4.59. The Kier molecular flexibility index (Phi) is 6.08. The third-order valence-corrected chi connectivity index (χ3v) is 3.06. The molecule has 22 heavy (non-hydrogen) atoms. The van der Waals surface area contributed by atoms with Crippen LogP contribution in [-0.2, 0) is 9.59 Å². The maximum absolute atomic E-state index is 12.3. The number of nitrogens with zero attached hydrogens (tertiary/aromatic N) is 1. The quantitative estimate of drug-likeness (QED) is 0.717. The fraction of sp³-hybridized carbons (Fsp3) is 0.333. The molecule has 116 valence electrons. The van der Waals surface area contributed by atoms with E-state index in [1.54, 1.807) is 25.1 Å². The van der Waals surface area contributed by atoms with Gasteiger partial charge in [-0.3, -0.25) is 14.4 Å². The number of anilines is 1. The predicted octanol–water partition coefficient (Wildman–Crippen LogP) is 0.778. The molecule has 1 aromatic carbocycles. The molecule has 0 aliphatic rings. The molecule has 0 unspecified atom stereocenters. The first-order valence-corrected chi connectivity index (χ1v) is 6.70. The van der Waals surface area contributed by atoms with Crippen molar-refractivity contribution < 1.29 is 14.4 Å². The Morgan fingerprint density at radius 3 is 2.50 bits per heavy atom. The average Bonchev–Trinajstić information content (AvgIpc) is 2.44. The fourth-order valence-corrected chi connectivity index (χ4v) is 1.95. The number of hydrogen-bond acceptors (Lipinski definition) is 4. The van der Waals surface area contributed by atoms with Crippen LogP contribution in [0, 0.1) is 17.2 Å². The number of nitrogens with two attached hydrogens (primary N) is 1. The summed E-state index contributed by atoms with van der Waals surface area (Å²) in [5, 5.41) is 13.8. The number of amides is 3. The summed E-state index contributed by atoms with van der Waals surface area (Å²) < 4.78 is 0. The monoisotopic (exact) mass is 302 g/mol. The number of carbonyl (C=O) groups excluding carboxylic acids is 3. The van der Waals surface area contributed by atoms with Crippen molar-refractivity contribution in [2.75, 3.05) is 5.32 Å². The lowest BCUT2D eigenvalue weighted by atomic mass is 9.98. The Morgan fingerprint density at radius 1 is 1.32 bits per heavy atom. The number of benzene rings is 1. The van der Waals surface area contributed by atoms with Crippen LogP contribution in [0.2, 0.25) is 0 Å². The lowest BCUT2D eigenvalue weighted by molar-refractivity contribution is -0.121. The first-order valence-electron chi connectivity index (χ1n) is 6.70. The van der Waals surface area contributed by atoms with Crippen LogP contribution < -0.4 is 16.4 Å². The van der Waals surface area contributed by atoms with Gasteiger partial charge in [0.15, 0.2) is 0 Å². The second-order valence-electron chi connectivity index (χ2n) is 4.92. The Balaban J connectivity index is 2.98. The normalized spacial score (nSPS) is 12.6. The topological polar surface area (TPSA) is 125 Å². The van der Waals surface area contributed by atoms with Crippen LogP contribution in [0.5, 0.6) is 0 Å². The van der Waals surface area contributed by atoms with Gasteiger partial charge in [-0.15, -0.1) is 0 Å². The molecule has 7 heteroatoms. The van der Waals surface area contributed by atoms with E-state index in [9.17, 15) is 14.4 Å². The smallest absolute Gasteiger partial charge is 0.254 e. The van der Waals surface area contributed by atoms with Gasteiger partial charge in [0.05, 0.1) is 17.3 Å². The standard InChI is InChI=1S/C15H18N4O3/c1-9(7-8-16)13(14(17)21)19-15(22)11-5-3-4-6-12(11)18-10(2)20/h3-6,9,13H,7H2,1-2H3,(H2,17,21)(H,18,20)(H,19,22)/t9-,13-/m0/s1. The van der Waals surface area contributed by atoms with Crippen LogP contribution in [0.4, 0.5) is 5.69 Å². The van der Waals surface area contributed by atoms with Gasteiger partial charge in [-0.25, -0.2) is 0 Å². The second kappa shape index (κ2) is 7.78. The van der Waals surface area contributed by atoms with E-state index in [4.69, 9.17) is 11.0 Å². The number of primary amides is 1. The highest BCUT2D eigenvalue weighted by Gasteiger charge is 2.26. The molecule has 0 saturated carbocycles. The molecule has 0 saturated heterocycles. The molecule has 0 aromatic heterocycles. The van der Waals surface area contributed by atoms with Gasteiger partial charge >= 0.3 is 0 Å². The molecule has 0 radical (unpaired) electrons. The number of nitriles is 1. The highest BCUT2D eigenvalue weighted by Crippen LogP contribution is 2.16. The zero-order valence-corrected chi connectivity index (χ0v) is 12.4. The summed E-state index contributed by atoms with van der Waals surface area (Å²) in [4.78, 5) is 34.9. The average molecular weight is 302 g/mol. The van der Waals surface area contributed by atoms with Crippen molar-refractivity contribution in [3.63, 3.8) is 0 Å². The van der Waals surface area contributed by atoms with Crippen LogP contribution in [0.1, 0.15) is 30.6 Å². The Hall–Kier alpha value is -2.88. The summed E-state index contributed by atoms with van der Waals surface area (Å²) in [6, 6.07) is 7.39. The van der Waals surface area contributed by atoms with E-state index in [-0.39, 0.29) is 17.9 Å². The molecule has 1 rings (SSSR count). The molecule has 0 spiro atoms. The highest BCUT2D eigenvalue weighted by atomic mass is 16.2. The second-order valence-corrected chi connectivity index (χ2v) is 4.92. The van der Waals surface area contributed by atoms with E-state index < -0.39 is 23.8 Å². The Morgan fingerprint density at radius 2 is 1.95 bits per heavy atom. The maximum atomic E-state index is 12.3. The van der Waals surface area contributed by atoms with Crippen molar-refractivity contribution >= 4 is 23.4 Å². The molecular formula is C15H18N4O3. The number of carbonyl (C=O) groups is 3. The minimum atomic E-state index is -0.961. The summed E-state index contributed by atoms with van der Waals surface area (Å²) >= 11 is 0. The molecule has 0 heterocycles. The lowest BCUT2D eigenvalue weighted by Gasteiger charge is -2.21. The number of rotatable bonds is 6. The van der Waals surface area contributed by atoms with Gasteiger partial charge < -0.3 is 16.4 Å². The Labute approximate surface area is 128 Å². The summed E-state index contributed by atoms with van der Waals surface area (Å²) in [6.07, 6.45) is 0.0846. The van der Waals surface area contributed by atoms with E-state index >= 15 is 0 Å². The molecule has 0 fully saturated rings. The predicted molar refractivity (Wildman–Crippen MR) is 80.6 cm³/mol. The van der Waals surface area contributed by atoms with Gasteiger partial charge in [0, 0.05) is 13.3 Å². The molecule has 7 nitrogen and oxygen atoms in total. The fourth-order valence-electron chi connectivity index (χ4n) is 1.95. The number of nitrogens with one attached hydrogen (secondary N) is 2. The largest absolute Gasteiger partial charge is 0.368 e. The van der Waals surface area contributed by atoms with Gasteiger partial charge in [0.2, 0.25) is 11.8 Å². The van der Waals surface area contributed by atoms with E-state index in [2.05, 4.69) is 10.6 Å². The number of hydrogen-bond donors (Lipinski definition) is 3. The first kappa shape index (κ1) is 17.2. The van der Waals surface area contributed by atoms with E-state index in [1.807, 2.05) is 6.07 Å². The molecule has 2 atom stereocenters. The lowest BCUT2D eigenvalue weighted by Crippen LogP contribution is -2.48. The minimum absolute atomic E-state index is 0.0846. The van der Waals surface area contributed by atoms with Crippen LogP contribution >= 0.6 is 0 Å². The van der Waals surface area contributed by atoms with Crippen molar-refractivity contribution in [3.8, 4) is 6.07 Å². The van der Waals surface area contributed by atoms with E-state index in [0.29, 0.717) is 5.69 Å². The SMILES string of the molecule is CC(=O)Nc1ccccc1C(=O)N[C@H](C(N)=O)[C@@H](C)CC#N. The van der Waals surface area contributed by atoms with Crippen LogP contribution in [0.25, 0.3) is 0 Å². The summed E-state index contributed by atoms with van der Waals surface area (Å²) in [7, 11) is 0. The van der Waals surface area contributed by atoms with Crippen molar-refractivity contribution in [2.24, 2.45) is 11.7 Å². The molecule has 0 aliphatic carbocycles. The van der Waals surface area contributed by atoms with E-state index in [1.165, 1.54) is 13.0 Å². The molecule has 4 N–H and O–H groups in total. The summed E-state index contributed by atoms with van der Waals surface area (Å²) in [5.74, 6) is -1.99. The van der Waals surface area contributed by atoms with Crippen molar-refractivity contribution in [1.82, 2.24) is 5.32 Å². The minimum Gasteiger partial charge on any atom is -0.368 e. The zero-order valence-electron chi connectivity index (χ0n) is 12.4. The molecule has 1 aromatic rings. The molecule has 3 amide bonds. The van der Waals surface area contributed by atoms with Gasteiger partial charge in [0.25, 0.3) is 5.91 Å².